The molecule has 2 nitrogen and oxygen atoms in total. The van der Waals surface area contributed by atoms with E-state index in [4.69, 9.17) is 4.74 Å². The minimum absolute atomic E-state index is 0.113. The van der Waals surface area contributed by atoms with Crippen LogP contribution < -0.4 is 5.32 Å². The first kappa shape index (κ1) is 18.1. The third-order valence-corrected chi connectivity index (χ3v) is 3.35. The first-order valence-corrected chi connectivity index (χ1v) is 8.03. The van der Waals surface area contributed by atoms with Gasteiger partial charge in [0.25, 0.3) is 0 Å². The molecule has 1 aromatic carbocycles. The molecule has 1 unspecified atom stereocenters. The molecule has 0 aliphatic carbocycles. The molecule has 3 heteroatoms. The molecule has 0 radical (unpaired) electrons. The van der Waals surface area contributed by atoms with Crippen LogP contribution in [0.1, 0.15) is 45.6 Å². The molecule has 0 aromatic heterocycles. The summed E-state index contributed by atoms with van der Waals surface area (Å²) in [5.74, 6) is 1.19. The summed E-state index contributed by atoms with van der Waals surface area (Å²) in [6, 6.07) is 7.08. The van der Waals surface area contributed by atoms with E-state index >= 15 is 0 Å². The van der Waals surface area contributed by atoms with Gasteiger partial charge in [-0.05, 0) is 36.4 Å². The van der Waals surface area contributed by atoms with Crippen LogP contribution in [-0.2, 0) is 4.74 Å². The van der Waals surface area contributed by atoms with Crippen LogP contribution in [0.4, 0.5) is 4.39 Å². The second-order valence-corrected chi connectivity index (χ2v) is 6.53. The molecule has 0 spiro atoms. The molecule has 1 aromatic rings. The Balaban J connectivity index is 2.55. The number of halogens is 1. The first-order valence-electron chi connectivity index (χ1n) is 8.03. The Morgan fingerprint density at radius 1 is 1.05 bits per heavy atom. The molecule has 0 amide bonds. The molecule has 0 aliphatic rings. The van der Waals surface area contributed by atoms with Crippen LogP contribution in [0, 0.1) is 17.7 Å². The lowest BCUT2D eigenvalue weighted by Gasteiger charge is -2.20. The number of benzene rings is 1. The van der Waals surface area contributed by atoms with Gasteiger partial charge in [-0.25, -0.2) is 4.39 Å². The molecule has 1 atom stereocenters. The van der Waals surface area contributed by atoms with E-state index in [0.717, 1.165) is 31.7 Å². The van der Waals surface area contributed by atoms with Crippen molar-refractivity contribution in [1.82, 2.24) is 5.32 Å². The van der Waals surface area contributed by atoms with Gasteiger partial charge in [0.05, 0.1) is 0 Å². The van der Waals surface area contributed by atoms with Crippen molar-refractivity contribution in [2.45, 2.75) is 40.0 Å². The maximum Gasteiger partial charge on any atom is 0.126 e. The van der Waals surface area contributed by atoms with Crippen molar-refractivity contribution in [1.29, 1.82) is 0 Å². The Labute approximate surface area is 129 Å². The maximum atomic E-state index is 14.0. The molecular formula is C18H30FNO. The molecule has 0 fully saturated rings. The molecule has 0 saturated heterocycles. The van der Waals surface area contributed by atoms with Crippen molar-refractivity contribution in [3.63, 3.8) is 0 Å². The maximum absolute atomic E-state index is 14.0. The Kier molecular flexibility index (Phi) is 8.55. The third-order valence-electron chi connectivity index (χ3n) is 3.35. The van der Waals surface area contributed by atoms with Crippen molar-refractivity contribution in [2.24, 2.45) is 11.8 Å². The van der Waals surface area contributed by atoms with Gasteiger partial charge in [-0.2, -0.15) is 0 Å². The third kappa shape index (κ3) is 7.58. The van der Waals surface area contributed by atoms with Gasteiger partial charge in [0.15, 0.2) is 0 Å². The predicted molar refractivity (Wildman–Crippen MR) is 87.1 cm³/mol. The van der Waals surface area contributed by atoms with E-state index in [2.05, 4.69) is 33.0 Å². The molecule has 1 rings (SSSR count). The number of nitrogens with one attached hydrogen (secondary N) is 1. The summed E-state index contributed by atoms with van der Waals surface area (Å²) >= 11 is 0. The second-order valence-electron chi connectivity index (χ2n) is 6.53. The van der Waals surface area contributed by atoms with Gasteiger partial charge in [-0.3, -0.25) is 0 Å². The Morgan fingerprint density at radius 2 is 1.76 bits per heavy atom. The Hall–Kier alpha value is -0.930. The fraction of sp³-hybridized carbons (Fsp3) is 0.667. The molecule has 0 bridgehead atoms. The minimum Gasteiger partial charge on any atom is -0.381 e. The SMILES string of the molecule is CC(C)CNCC(CCOCC(C)C)c1ccccc1F. The standard InChI is InChI=1S/C18H30FNO/c1-14(2)11-20-12-16(9-10-21-13-15(3)4)17-7-5-6-8-18(17)19/h5-8,14-16,20H,9-13H2,1-4H3. The highest BCUT2D eigenvalue weighted by molar-refractivity contribution is 5.22. The van der Waals surface area contributed by atoms with E-state index in [-0.39, 0.29) is 11.7 Å². The lowest BCUT2D eigenvalue weighted by Crippen LogP contribution is -2.26. The summed E-state index contributed by atoms with van der Waals surface area (Å²) in [7, 11) is 0. The summed E-state index contributed by atoms with van der Waals surface area (Å²) in [5, 5.41) is 3.44. The molecule has 0 aliphatic heterocycles. The van der Waals surface area contributed by atoms with Crippen molar-refractivity contribution < 1.29 is 9.13 Å². The van der Waals surface area contributed by atoms with E-state index in [9.17, 15) is 4.39 Å². The number of hydrogen-bond acceptors (Lipinski definition) is 2. The zero-order valence-corrected chi connectivity index (χ0v) is 13.9. The smallest absolute Gasteiger partial charge is 0.126 e. The fourth-order valence-electron chi connectivity index (χ4n) is 2.26. The van der Waals surface area contributed by atoms with Crippen LogP contribution in [0.15, 0.2) is 24.3 Å². The van der Waals surface area contributed by atoms with E-state index in [1.807, 2.05) is 12.1 Å². The number of ether oxygens (including phenoxy) is 1. The first-order chi connectivity index (χ1) is 10.0. The summed E-state index contributed by atoms with van der Waals surface area (Å²) in [4.78, 5) is 0. The summed E-state index contributed by atoms with van der Waals surface area (Å²) in [5.41, 5.74) is 0.793. The monoisotopic (exact) mass is 295 g/mol. The van der Waals surface area contributed by atoms with Crippen LogP contribution >= 0.6 is 0 Å². The quantitative estimate of drug-likeness (QED) is 0.653. The Morgan fingerprint density at radius 3 is 2.38 bits per heavy atom. The average molecular weight is 295 g/mol. The van der Waals surface area contributed by atoms with Gasteiger partial charge < -0.3 is 10.1 Å². The number of hydrogen-bond donors (Lipinski definition) is 1. The minimum atomic E-state index is -0.113. The Bertz CT molecular complexity index is 393. The van der Waals surface area contributed by atoms with Gasteiger partial charge in [-0.15, -0.1) is 0 Å². The zero-order valence-electron chi connectivity index (χ0n) is 13.9. The van der Waals surface area contributed by atoms with E-state index in [1.54, 1.807) is 12.1 Å². The molecule has 1 N–H and O–H groups in total. The van der Waals surface area contributed by atoms with Gasteiger partial charge in [0.2, 0.25) is 0 Å². The van der Waals surface area contributed by atoms with Gasteiger partial charge in [-0.1, -0.05) is 45.9 Å². The van der Waals surface area contributed by atoms with E-state index in [1.165, 1.54) is 0 Å². The second kappa shape index (κ2) is 9.91. The van der Waals surface area contributed by atoms with E-state index in [0.29, 0.717) is 18.4 Å². The molecule has 21 heavy (non-hydrogen) atoms. The van der Waals surface area contributed by atoms with Gasteiger partial charge >= 0.3 is 0 Å². The van der Waals surface area contributed by atoms with Gasteiger partial charge in [0.1, 0.15) is 5.82 Å². The van der Waals surface area contributed by atoms with Crippen molar-refractivity contribution in [3.05, 3.63) is 35.6 Å². The van der Waals surface area contributed by atoms with Crippen molar-refractivity contribution >= 4 is 0 Å². The summed E-state index contributed by atoms with van der Waals surface area (Å²) < 4.78 is 19.7. The van der Waals surface area contributed by atoms with Crippen molar-refractivity contribution in [3.8, 4) is 0 Å². The van der Waals surface area contributed by atoms with Crippen LogP contribution in [0.2, 0.25) is 0 Å². The van der Waals surface area contributed by atoms with Gasteiger partial charge in [0, 0.05) is 25.7 Å². The normalized spacial score (nSPS) is 13.1. The lowest BCUT2D eigenvalue weighted by atomic mass is 9.95. The fourth-order valence-corrected chi connectivity index (χ4v) is 2.26. The van der Waals surface area contributed by atoms with Crippen molar-refractivity contribution in [2.75, 3.05) is 26.3 Å². The molecule has 120 valence electrons. The average Bonchev–Trinajstić information content (AvgIpc) is 2.41. The van der Waals surface area contributed by atoms with Crippen LogP contribution in [0.5, 0.6) is 0 Å². The van der Waals surface area contributed by atoms with E-state index < -0.39 is 0 Å². The highest BCUT2D eigenvalue weighted by Gasteiger charge is 2.15. The highest BCUT2D eigenvalue weighted by atomic mass is 19.1. The van der Waals surface area contributed by atoms with Crippen LogP contribution in [-0.4, -0.2) is 26.3 Å². The summed E-state index contributed by atoms with van der Waals surface area (Å²) in [6.45, 7) is 11.8. The topological polar surface area (TPSA) is 21.3 Å². The molecule has 0 saturated carbocycles. The molecular weight excluding hydrogens is 265 g/mol. The van der Waals surface area contributed by atoms with Crippen LogP contribution in [0.3, 0.4) is 0 Å². The summed E-state index contributed by atoms with van der Waals surface area (Å²) in [6.07, 6.45) is 0.846. The molecule has 0 heterocycles. The predicted octanol–water partition coefficient (Wildman–Crippen LogP) is 4.22. The lowest BCUT2D eigenvalue weighted by molar-refractivity contribution is 0.103. The van der Waals surface area contributed by atoms with Crippen LogP contribution in [0.25, 0.3) is 0 Å². The zero-order chi connectivity index (χ0) is 15.7. The highest BCUT2D eigenvalue weighted by Crippen LogP contribution is 2.22. The largest absolute Gasteiger partial charge is 0.381 e. The number of rotatable bonds is 10.